The molecule has 0 fully saturated rings. The fourth-order valence-corrected chi connectivity index (χ4v) is 3.31. The minimum absolute atomic E-state index is 0.140. The van der Waals surface area contributed by atoms with Crippen molar-refractivity contribution in [3.63, 3.8) is 0 Å². The summed E-state index contributed by atoms with van der Waals surface area (Å²) in [5.74, 6) is -0.259. The van der Waals surface area contributed by atoms with E-state index in [0.29, 0.717) is 6.54 Å². The van der Waals surface area contributed by atoms with E-state index in [1.807, 2.05) is 26.8 Å². The predicted molar refractivity (Wildman–Crippen MR) is 93.2 cm³/mol. The van der Waals surface area contributed by atoms with Crippen LogP contribution >= 0.6 is 0 Å². The van der Waals surface area contributed by atoms with Gasteiger partial charge in [-0.2, -0.15) is 15.0 Å². The van der Waals surface area contributed by atoms with Crippen molar-refractivity contribution < 1.29 is 13.2 Å². The van der Waals surface area contributed by atoms with Crippen molar-refractivity contribution in [2.24, 2.45) is 5.92 Å². The van der Waals surface area contributed by atoms with Gasteiger partial charge in [0.25, 0.3) is 0 Å². The molecule has 0 radical (unpaired) electrons. The van der Waals surface area contributed by atoms with Crippen LogP contribution in [0.5, 0.6) is 0 Å². The summed E-state index contributed by atoms with van der Waals surface area (Å²) in [5.41, 5.74) is 0.832. The van der Waals surface area contributed by atoms with Crippen molar-refractivity contribution in [2.75, 3.05) is 6.54 Å². The fraction of sp³-hybridized carbons (Fsp3) is 0.438. The number of benzene rings is 1. The Labute approximate surface area is 147 Å². The molecule has 0 bridgehead atoms. The smallest absolute Gasteiger partial charge is 0.241 e. The van der Waals surface area contributed by atoms with Crippen molar-refractivity contribution in [1.82, 2.24) is 25.0 Å². The number of sulfonamides is 1. The number of nitrogens with zero attached hydrogens (tertiary/aromatic N) is 3. The average Bonchev–Trinajstić information content (AvgIpc) is 3.05. The summed E-state index contributed by atoms with van der Waals surface area (Å²) in [6, 6.07) is 6.31. The minimum Gasteiger partial charge on any atom is -0.350 e. The summed E-state index contributed by atoms with van der Waals surface area (Å²) in [6.45, 7) is 5.83. The van der Waals surface area contributed by atoms with E-state index in [4.69, 9.17) is 0 Å². The zero-order chi connectivity index (χ0) is 18.4. The third kappa shape index (κ3) is 5.64. The fourth-order valence-electron chi connectivity index (χ4n) is 2.22. The van der Waals surface area contributed by atoms with Crippen molar-refractivity contribution in [1.29, 1.82) is 0 Å². The Balaban J connectivity index is 1.94. The van der Waals surface area contributed by atoms with Crippen LogP contribution < -0.4 is 10.0 Å². The maximum Gasteiger partial charge on any atom is 0.241 e. The summed E-state index contributed by atoms with van der Waals surface area (Å²) < 4.78 is 26.8. The largest absolute Gasteiger partial charge is 0.350 e. The van der Waals surface area contributed by atoms with E-state index in [2.05, 4.69) is 20.2 Å². The Morgan fingerprint density at radius 3 is 2.52 bits per heavy atom. The van der Waals surface area contributed by atoms with Gasteiger partial charge in [0.05, 0.1) is 36.4 Å². The molecular weight excluding hydrogens is 342 g/mol. The number of aryl methyl sites for hydroxylation is 1. The molecule has 25 heavy (non-hydrogen) atoms. The van der Waals surface area contributed by atoms with Crippen LogP contribution in [0.3, 0.4) is 0 Å². The van der Waals surface area contributed by atoms with Crippen LogP contribution in [-0.2, 0) is 21.4 Å². The number of carbonyl (C=O) groups is 1. The highest BCUT2D eigenvalue weighted by Gasteiger charge is 2.20. The highest BCUT2D eigenvalue weighted by molar-refractivity contribution is 7.89. The first kappa shape index (κ1) is 19.1. The molecular formula is C16H23N5O3S. The monoisotopic (exact) mass is 365 g/mol. The molecule has 8 nitrogen and oxygen atoms in total. The third-order valence-electron chi connectivity index (χ3n) is 3.70. The van der Waals surface area contributed by atoms with E-state index < -0.39 is 15.9 Å². The molecule has 2 rings (SSSR count). The van der Waals surface area contributed by atoms with E-state index in [1.165, 1.54) is 10.9 Å². The Hall–Kier alpha value is -2.26. The maximum atomic E-state index is 12.2. The normalized spacial score (nSPS) is 13.0. The van der Waals surface area contributed by atoms with Gasteiger partial charge in [-0.3, -0.25) is 4.79 Å². The highest BCUT2D eigenvalue weighted by Crippen LogP contribution is 2.10. The molecule has 0 saturated carbocycles. The molecule has 0 spiro atoms. The van der Waals surface area contributed by atoms with Crippen LogP contribution in [0.15, 0.2) is 41.6 Å². The third-order valence-corrected chi connectivity index (χ3v) is 5.10. The van der Waals surface area contributed by atoms with Gasteiger partial charge in [0, 0.05) is 0 Å². The second-order valence-corrected chi connectivity index (χ2v) is 7.91. The van der Waals surface area contributed by atoms with Crippen LogP contribution in [0.25, 0.3) is 0 Å². The number of aromatic nitrogens is 3. The number of carbonyl (C=O) groups excluding carboxylic acids is 1. The Bertz CT molecular complexity index is 803. The molecule has 1 heterocycles. The molecule has 0 aliphatic rings. The highest BCUT2D eigenvalue weighted by atomic mass is 32.2. The van der Waals surface area contributed by atoms with E-state index in [9.17, 15) is 13.2 Å². The summed E-state index contributed by atoms with van der Waals surface area (Å²) in [5, 5.41) is 10.9. The number of hydrogen-bond acceptors (Lipinski definition) is 5. The Kier molecular flexibility index (Phi) is 6.27. The SMILES string of the molecule is Cc1cccc(S(=O)(=O)NCC(=O)NC(Cn2nccn2)C(C)C)c1. The second kappa shape index (κ2) is 8.21. The lowest BCUT2D eigenvalue weighted by Gasteiger charge is -2.22. The van der Waals surface area contributed by atoms with Gasteiger partial charge in [0.2, 0.25) is 15.9 Å². The van der Waals surface area contributed by atoms with Gasteiger partial charge in [0.15, 0.2) is 0 Å². The zero-order valence-corrected chi connectivity index (χ0v) is 15.3. The van der Waals surface area contributed by atoms with Gasteiger partial charge >= 0.3 is 0 Å². The maximum absolute atomic E-state index is 12.2. The lowest BCUT2D eigenvalue weighted by molar-refractivity contribution is -0.121. The Morgan fingerprint density at radius 1 is 1.24 bits per heavy atom. The summed E-state index contributed by atoms with van der Waals surface area (Å²) >= 11 is 0. The van der Waals surface area contributed by atoms with Crippen LogP contribution in [-0.4, -0.2) is 41.9 Å². The number of amides is 1. The van der Waals surface area contributed by atoms with Gasteiger partial charge in [-0.1, -0.05) is 26.0 Å². The zero-order valence-electron chi connectivity index (χ0n) is 14.5. The average molecular weight is 365 g/mol. The van der Waals surface area contributed by atoms with Crippen LogP contribution in [0, 0.1) is 12.8 Å². The number of hydrogen-bond donors (Lipinski definition) is 2. The quantitative estimate of drug-likeness (QED) is 0.716. The molecule has 1 unspecified atom stereocenters. The first-order chi connectivity index (χ1) is 11.8. The lowest BCUT2D eigenvalue weighted by atomic mass is 10.0. The molecule has 1 aromatic heterocycles. The Morgan fingerprint density at radius 2 is 1.92 bits per heavy atom. The molecule has 136 valence electrons. The number of nitrogens with one attached hydrogen (secondary N) is 2. The standard InChI is InChI=1S/C16H23N5O3S/c1-12(2)15(11-21-17-7-8-18-21)20-16(22)10-19-25(23,24)14-6-4-5-13(3)9-14/h4-9,12,15,19H,10-11H2,1-3H3,(H,20,22). The van der Waals surface area contributed by atoms with Gasteiger partial charge < -0.3 is 5.32 Å². The second-order valence-electron chi connectivity index (χ2n) is 6.14. The van der Waals surface area contributed by atoms with E-state index in [1.54, 1.807) is 24.5 Å². The van der Waals surface area contributed by atoms with Crippen molar-refractivity contribution in [3.8, 4) is 0 Å². The molecule has 2 aromatic rings. The van der Waals surface area contributed by atoms with Crippen molar-refractivity contribution in [3.05, 3.63) is 42.2 Å². The first-order valence-corrected chi connectivity index (χ1v) is 9.46. The van der Waals surface area contributed by atoms with Crippen LogP contribution in [0.4, 0.5) is 0 Å². The molecule has 9 heteroatoms. The molecule has 0 aliphatic carbocycles. The van der Waals surface area contributed by atoms with Gasteiger partial charge in [0.1, 0.15) is 0 Å². The van der Waals surface area contributed by atoms with Crippen molar-refractivity contribution >= 4 is 15.9 Å². The molecule has 0 saturated heterocycles. The summed E-state index contributed by atoms with van der Waals surface area (Å²) in [6.07, 6.45) is 3.13. The molecule has 1 atom stereocenters. The lowest BCUT2D eigenvalue weighted by Crippen LogP contribution is -2.46. The van der Waals surface area contributed by atoms with E-state index in [0.717, 1.165) is 5.56 Å². The van der Waals surface area contributed by atoms with Crippen LogP contribution in [0.1, 0.15) is 19.4 Å². The molecule has 1 amide bonds. The number of rotatable bonds is 8. The molecule has 1 aromatic carbocycles. The van der Waals surface area contributed by atoms with Gasteiger partial charge in [-0.25, -0.2) is 13.1 Å². The summed E-state index contributed by atoms with van der Waals surface area (Å²) in [4.78, 5) is 13.8. The minimum atomic E-state index is -3.72. The van der Waals surface area contributed by atoms with Crippen LogP contribution in [0.2, 0.25) is 0 Å². The topological polar surface area (TPSA) is 106 Å². The van der Waals surface area contributed by atoms with E-state index in [-0.39, 0.29) is 23.4 Å². The first-order valence-electron chi connectivity index (χ1n) is 7.98. The van der Waals surface area contributed by atoms with Crippen molar-refractivity contribution in [2.45, 2.75) is 38.3 Å². The molecule has 0 aliphatic heterocycles. The summed E-state index contributed by atoms with van der Waals surface area (Å²) in [7, 11) is -3.72. The predicted octanol–water partition coefficient (Wildman–Crippen LogP) is 0.706. The van der Waals surface area contributed by atoms with Gasteiger partial charge in [-0.15, -0.1) is 0 Å². The molecule has 2 N–H and O–H groups in total. The van der Waals surface area contributed by atoms with Gasteiger partial charge in [-0.05, 0) is 30.5 Å². The van der Waals surface area contributed by atoms with E-state index >= 15 is 0 Å².